The van der Waals surface area contributed by atoms with E-state index in [0.717, 1.165) is 25.9 Å². The number of amides is 1. The number of sulfone groups is 1. The Morgan fingerprint density at radius 1 is 1.27 bits per heavy atom. The number of hydrogen-bond donors (Lipinski definition) is 1. The summed E-state index contributed by atoms with van der Waals surface area (Å²) < 4.78 is 44.6. The maximum atomic E-state index is 13.4. The molecule has 1 saturated heterocycles. The molecule has 7 nitrogen and oxygen atoms in total. The van der Waals surface area contributed by atoms with E-state index in [0.29, 0.717) is 0 Å². The van der Waals surface area contributed by atoms with E-state index in [4.69, 9.17) is 4.74 Å². The predicted molar refractivity (Wildman–Crippen MR) is 112 cm³/mol. The van der Waals surface area contributed by atoms with Crippen molar-refractivity contribution in [3.05, 3.63) is 47.4 Å². The number of nitrogens with one attached hydrogen (secondary N) is 1. The lowest BCUT2D eigenvalue weighted by molar-refractivity contribution is 0.102. The first-order chi connectivity index (χ1) is 14.2. The fraction of sp³-hybridized carbons (Fsp3) is 0.429. The number of methoxy groups -OCH3 is 1. The van der Waals surface area contributed by atoms with Gasteiger partial charge in [-0.05, 0) is 76.2 Å². The highest BCUT2D eigenvalue weighted by Gasteiger charge is 2.26. The van der Waals surface area contributed by atoms with E-state index in [-0.39, 0.29) is 39.4 Å². The lowest BCUT2D eigenvalue weighted by Gasteiger charge is -2.28. The van der Waals surface area contributed by atoms with Gasteiger partial charge in [-0.1, -0.05) is 0 Å². The van der Waals surface area contributed by atoms with Crippen LogP contribution in [-0.2, 0) is 9.84 Å². The van der Waals surface area contributed by atoms with Crippen molar-refractivity contribution in [1.82, 2.24) is 9.88 Å². The van der Waals surface area contributed by atoms with Gasteiger partial charge in [-0.2, -0.15) is 0 Å². The number of ether oxygens (including phenoxy) is 1. The van der Waals surface area contributed by atoms with Crippen LogP contribution in [0, 0.1) is 18.7 Å². The molecule has 1 aliphatic heterocycles. The van der Waals surface area contributed by atoms with E-state index in [1.165, 1.54) is 44.4 Å². The highest BCUT2D eigenvalue weighted by molar-refractivity contribution is 7.91. The van der Waals surface area contributed by atoms with Crippen LogP contribution in [0.4, 0.5) is 10.2 Å². The van der Waals surface area contributed by atoms with Crippen molar-refractivity contribution in [3.63, 3.8) is 0 Å². The lowest BCUT2D eigenvalue weighted by atomic mass is 10.00. The molecule has 3 rings (SSSR count). The zero-order chi connectivity index (χ0) is 21.9. The van der Waals surface area contributed by atoms with Gasteiger partial charge in [-0.3, -0.25) is 4.79 Å². The van der Waals surface area contributed by atoms with Gasteiger partial charge in [0.25, 0.3) is 5.91 Å². The number of aryl methyl sites for hydroxylation is 1. The van der Waals surface area contributed by atoms with Crippen molar-refractivity contribution in [1.29, 1.82) is 0 Å². The van der Waals surface area contributed by atoms with Gasteiger partial charge >= 0.3 is 0 Å². The van der Waals surface area contributed by atoms with Crippen LogP contribution >= 0.6 is 0 Å². The van der Waals surface area contributed by atoms with Gasteiger partial charge in [0, 0.05) is 0 Å². The minimum absolute atomic E-state index is 0.0486. The van der Waals surface area contributed by atoms with Crippen LogP contribution in [0.2, 0.25) is 0 Å². The summed E-state index contributed by atoms with van der Waals surface area (Å²) in [6, 6.07) is 6.81. The summed E-state index contributed by atoms with van der Waals surface area (Å²) in [6.07, 6.45) is 1.66. The Morgan fingerprint density at radius 3 is 2.60 bits per heavy atom. The zero-order valence-corrected chi connectivity index (χ0v) is 18.1. The molecule has 30 heavy (non-hydrogen) atoms. The van der Waals surface area contributed by atoms with E-state index in [2.05, 4.69) is 15.2 Å². The van der Waals surface area contributed by atoms with Crippen molar-refractivity contribution in [2.75, 3.05) is 38.3 Å². The average molecular weight is 436 g/mol. The number of hydrogen-bond acceptors (Lipinski definition) is 6. The van der Waals surface area contributed by atoms with E-state index >= 15 is 0 Å². The molecule has 1 amide bonds. The van der Waals surface area contributed by atoms with Gasteiger partial charge in [0.05, 0.1) is 29.0 Å². The van der Waals surface area contributed by atoms with Gasteiger partial charge in [-0.25, -0.2) is 17.8 Å². The van der Waals surface area contributed by atoms with Gasteiger partial charge in [0.1, 0.15) is 17.4 Å². The number of carbonyl (C=O) groups excluding carboxylic acids is 1. The lowest BCUT2D eigenvalue weighted by Crippen LogP contribution is -2.33. The summed E-state index contributed by atoms with van der Waals surface area (Å²) in [5, 5.41) is 2.57. The van der Waals surface area contributed by atoms with Crippen LogP contribution in [0.5, 0.6) is 5.75 Å². The van der Waals surface area contributed by atoms with Crippen molar-refractivity contribution < 1.29 is 22.3 Å². The quantitative estimate of drug-likeness (QED) is 0.751. The van der Waals surface area contributed by atoms with Gasteiger partial charge in [-0.15, -0.1) is 0 Å². The summed E-state index contributed by atoms with van der Waals surface area (Å²) in [5.41, 5.74) is 0.222. The minimum atomic E-state index is -3.56. The number of rotatable bonds is 6. The molecule has 1 N–H and O–H groups in total. The molecule has 2 heterocycles. The number of likely N-dealkylation sites (tertiary alicyclic amines) is 1. The Hall–Kier alpha value is -2.52. The Bertz CT molecular complexity index is 1030. The molecular formula is C21H26FN3O4S. The molecule has 2 aromatic rings. The number of aromatic nitrogens is 1. The molecule has 1 aromatic carbocycles. The second-order valence-electron chi connectivity index (χ2n) is 7.61. The number of pyridine rings is 1. The maximum Gasteiger partial charge on any atom is 0.260 e. The number of piperidine rings is 1. The first-order valence-corrected chi connectivity index (χ1v) is 11.4. The molecule has 0 bridgehead atoms. The second-order valence-corrected chi connectivity index (χ2v) is 9.64. The predicted octanol–water partition coefficient (Wildman–Crippen LogP) is 2.91. The molecule has 9 heteroatoms. The van der Waals surface area contributed by atoms with E-state index in [1.807, 2.05) is 7.05 Å². The van der Waals surface area contributed by atoms with Crippen LogP contribution in [0.25, 0.3) is 0 Å². The van der Waals surface area contributed by atoms with Gasteiger partial charge < -0.3 is 15.0 Å². The molecule has 1 fully saturated rings. The second kappa shape index (κ2) is 9.09. The number of halogens is 1. The molecule has 0 atom stereocenters. The molecule has 1 aliphatic rings. The standard InChI is InChI=1S/C21H26FN3O4S/c1-14-18(22)5-7-20(23-14)24-21(26)17-12-16(4-6-19(17)29-3)30(27,28)13-15-8-10-25(2)11-9-15/h4-7,12,15H,8-11,13H2,1-3H3,(H,23,24,26). The zero-order valence-electron chi connectivity index (χ0n) is 17.3. The number of nitrogens with zero attached hydrogens (tertiary/aromatic N) is 2. The van der Waals surface area contributed by atoms with E-state index in [1.54, 1.807) is 0 Å². The fourth-order valence-corrected chi connectivity index (χ4v) is 5.21. The molecule has 0 unspecified atom stereocenters. The van der Waals surface area contributed by atoms with Gasteiger partial charge in [0.15, 0.2) is 9.84 Å². The molecule has 1 aromatic heterocycles. The molecule has 0 radical (unpaired) electrons. The van der Waals surface area contributed by atoms with Crippen molar-refractivity contribution in [2.45, 2.75) is 24.7 Å². The fourth-order valence-electron chi connectivity index (χ4n) is 3.49. The minimum Gasteiger partial charge on any atom is -0.496 e. The van der Waals surface area contributed by atoms with Crippen molar-refractivity contribution in [2.24, 2.45) is 5.92 Å². The smallest absolute Gasteiger partial charge is 0.260 e. The molecular weight excluding hydrogens is 409 g/mol. The summed E-state index contributed by atoms with van der Waals surface area (Å²) in [5.74, 6) is -0.510. The highest BCUT2D eigenvalue weighted by atomic mass is 32.2. The van der Waals surface area contributed by atoms with Crippen LogP contribution in [0.1, 0.15) is 28.9 Å². The van der Waals surface area contributed by atoms with Gasteiger partial charge in [0.2, 0.25) is 0 Å². The molecule has 0 spiro atoms. The van der Waals surface area contributed by atoms with E-state index in [9.17, 15) is 17.6 Å². The first-order valence-electron chi connectivity index (χ1n) is 9.73. The topological polar surface area (TPSA) is 88.6 Å². The van der Waals surface area contributed by atoms with Crippen LogP contribution in [0.3, 0.4) is 0 Å². The maximum absolute atomic E-state index is 13.4. The Morgan fingerprint density at radius 2 is 1.97 bits per heavy atom. The Labute approximate surface area is 176 Å². The third-order valence-electron chi connectivity index (χ3n) is 5.33. The van der Waals surface area contributed by atoms with Crippen molar-refractivity contribution in [3.8, 4) is 5.75 Å². The molecule has 162 valence electrons. The molecule has 0 saturated carbocycles. The number of carbonyl (C=O) groups is 1. The first kappa shape index (κ1) is 22.2. The highest BCUT2D eigenvalue weighted by Crippen LogP contribution is 2.27. The monoisotopic (exact) mass is 435 g/mol. The average Bonchev–Trinajstić information content (AvgIpc) is 2.71. The summed E-state index contributed by atoms with van der Waals surface area (Å²) >= 11 is 0. The molecule has 0 aliphatic carbocycles. The Kier molecular flexibility index (Phi) is 6.72. The van der Waals surface area contributed by atoms with Crippen LogP contribution in [0.15, 0.2) is 35.2 Å². The number of anilines is 1. The van der Waals surface area contributed by atoms with Crippen molar-refractivity contribution >= 4 is 21.6 Å². The summed E-state index contributed by atoms with van der Waals surface area (Å²) in [6.45, 7) is 3.24. The third kappa shape index (κ3) is 5.14. The normalized spacial score (nSPS) is 15.7. The Balaban J connectivity index is 1.83. The summed E-state index contributed by atoms with van der Waals surface area (Å²) in [7, 11) is -0.137. The number of benzene rings is 1. The van der Waals surface area contributed by atoms with Crippen LogP contribution < -0.4 is 10.1 Å². The van der Waals surface area contributed by atoms with Crippen LogP contribution in [-0.4, -0.2) is 57.2 Å². The van der Waals surface area contributed by atoms with E-state index < -0.39 is 21.6 Å². The largest absolute Gasteiger partial charge is 0.496 e. The summed E-state index contributed by atoms with van der Waals surface area (Å²) in [4.78, 5) is 19.0. The SMILES string of the molecule is COc1ccc(S(=O)(=O)CC2CCN(C)CC2)cc1C(=O)Nc1ccc(F)c(C)n1. The third-order valence-corrected chi connectivity index (χ3v) is 7.21.